The number of phenols is 1. The van der Waals surface area contributed by atoms with E-state index in [4.69, 9.17) is 9.47 Å². The second-order valence-electron chi connectivity index (χ2n) is 3.83. The van der Waals surface area contributed by atoms with Gasteiger partial charge in [-0.3, -0.25) is 0 Å². The number of carbonyl (C=O) groups is 1. The lowest BCUT2D eigenvalue weighted by atomic mass is 9.99. The Labute approximate surface area is 98.9 Å². The lowest BCUT2D eigenvalue weighted by Crippen LogP contribution is -2.25. The van der Waals surface area contributed by atoms with Crippen LogP contribution in [0.5, 0.6) is 5.75 Å². The van der Waals surface area contributed by atoms with Crippen LogP contribution in [0.2, 0.25) is 0 Å². The van der Waals surface area contributed by atoms with Gasteiger partial charge in [-0.05, 0) is 13.0 Å². The van der Waals surface area contributed by atoms with Gasteiger partial charge >= 0.3 is 5.97 Å². The van der Waals surface area contributed by atoms with Crippen LogP contribution in [0.4, 0.5) is 0 Å². The lowest BCUT2D eigenvalue weighted by molar-refractivity contribution is -0.150. The number of hydrogen-bond acceptors (Lipinski definition) is 5. The van der Waals surface area contributed by atoms with Gasteiger partial charge in [-0.1, -0.05) is 12.1 Å². The molecule has 5 heteroatoms. The highest BCUT2D eigenvalue weighted by atomic mass is 16.7. The Morgan fingerprint density at radius 1 is 1.41 bits per heavy atom. The summed E-state index contributed by atoms with van der Waals surface area (Å²) in [7, 11) is 1.26. The molecule has 0 spiro atoms. The summed E-state index contributed by atoms with van der Waals surface area (Å²) in [6.07, 6.45) is 0. The van der Waals surface area contributed by atoms with Gasteiger partial charge in [0, 0.05) is 5.56 Å². The molecule has 0 atom stereocenters. The minimum Gasteiger partial charge on any atom is -0.507 e. The average Bonchev–Trinajstić information content (AvgIpc) is 2.76. The summed E-state index contributed by atoms with van der Waals surface area (Å²) < 4.78 is 15.6. The third-order valence-electron chi connectivity index (χ3n) is 2.76. The fourth-order valence-electron chi connectivity index (χ4n) is 1.91. The van der Waals surface area contributed by atoms with E-state index in [1.807, 2.05) is 0 Å². The van der Waals surface area contributed by atoms with Gasteiger partial charge in [0.15, 0.2) is 5.79 Å². The molecule has 5 nitrogen and oxygen atoms in total. The topological polar surface area (TPSA) is 65.0 Å². The van der Waals surface area contributed by atoms with Crippen LogP contribution < -0.4 is 0 Å². The maximum Gasteiger partial charge on any atom is 0.342 e. The monoisotopic (exact) mass is 238 g/mol. The highest BCUT2D eigenvalue weighted by Crippen LogP contribution is 2.36. The van der Waals surface area contributed by atoms with Crippen molar-refractivity contribution in [2.75, 3.05) is 20.3 Å². The fourth-order valence-corrected chi connectivity index (χ4v) is 1.91. The Kier molecular flexibility index (Phi) is 3.04. The number of aromatic hydroxyl groups is 1. The number of methoxy groups -OCH3 is 1. The molecule has 1 heterocycles. The quantitative estimate of drug-likeness (QED) is 0.789. The molecule has 1 N–H and O–H groups in total. The molecule has 1 saturated heterocycles. The van der Waals surface area contributed by atoms with Crippen LogP contribution in [0.15, 0.2) is 18.2 Å². The Bertz CT molecular complexity index is 435. The molecule has 0 bridgehead atoms. The minimum atomic E-state index is -1.01. The van der Waals surface area contributed by atoms with Gasteiger partial charge < -0.3 is 19.3 Å². The Morgan fingerprint density at radius 3 is 2.65 bits per heavy atom. The molecule has 2 rings (SSSR count). The summed E-state index contributed by atoms with van der Waals surface area (Å²) in [6, 6.07) is 4.73. The standard InChI is InChI=1S/C12H14O5/c1-12(16-6-7-17-12)8-4-3-5-9(13)10(8)11(14)15-2/h3-5,13H,6-7H2,1-2H3. The summed E-state index contributed by atoms with van der Waals surface area (Å²) in [4.78, 5) is 11.7. The van der Waals surface area contributed by atoms with E-state index in [-0.39, 0.29) is 11.3 Å². The van der Waals surface area contributed by atoms with Crippen molar-refractivity contribution in [3.05, 3.63) is 29.3 Å². The van der Waals surface area contributed by atoms with E-state index < -0.39 is 11.8 Å². The number of carbonyl (C=O) groups excluding carboxylic acids is 1. The van der Waals surface area contributed by atoms with Gasteiger partial charge in [0.2, 0.25) is 0 Å². The van der Waals surface area contributed by atoms with Gasteiger partial charge in [-0.25, -0.2) is 4.79 Å². The van der Waals surface area contributed by atoms with Crippen molar-refractivity contribution in [1.29, 1.82) is 0 Å². The van der Waals surface area contributed by atoms with E-state index in [0.717, 1.165) is 0 Å². The first-order chi connectivity index (χ1) is 8.08. The van der Waals surface area contributed by atoms with Crippen molar-refractivity contribution in [3.63, 3.8) is 0 Å². The first kappa shape index (κ1) is 11.9. The highest BCUT2D eigenvalue weighted by Gasteiger charge is 2.37. The number of esters is 1. The second-order valence-corrected chi connectivity index (χ2v) is 3.83. The summed E-state index contributed by atoms with van der Waals surface area (Å²) in [5, 5.41) is 9.76. The van der Waals surface area contributed by atoms with Crippen LogP contribution in [0.25, 0.3) is 0 Å². The maximum absolute atomic E-state index is 11.7. The third-order valence-corrected chi connectivity index (χ3v) is 2.76. The Morgan fingerprint density at radius 2 is 2.06 bits per heavy atom. The predicted molar refractivity (Wildman–Crippen MR) is 58.7 cm³/mol. The molecule has 1 aromatic rings. The normalized spacial score (nSPS) is 18.0. The average molecular weight is 238 g/mol. The third kappa shape index (κ3) is 1.99. The number of ether oxygens (including phenoxy) is 3. The molecule has 0 aliphatic carbocycles. The molecule has 0 aromatic heterocycles. The Balaban J connectivity index is 2.53. The number of rotatable bonds is 2. The molecule has 1 aromatic carbocycles. The minimum absolute atomic E-state index is 0.0828. The molecule has 0 amide bonds. The van der Waals surface area contributed by atoms with Crippen molar-refractivity contribution in [2.24, 2.45) is 0 Å². The first-order valence-electron chi connectivity index (χ1n) is 5.27. The largest absolute Gasteiger partial charge is 0.507 e. The molecule has 1 aliphatic rings. The molecule has 1 fully saturated rings. The smallest absolute Gasteiger partial charge is 0.342 e. The van der Waals surface area contributed by atoms with Crippen molar-refractivity contribution in [3.8, 4) is 5.75 Å². The van der Waals surface area contributed by atoms with Crippen molar-refractivity contribution in [2.45, 2.75) is 12.7 Å². The van der Waals surface area contributed by atoms with Crippen molar-refractivity contribution >= 4 is 5.97 Å². The molecule has 17 heavy (non-hydrogen) atoms. The summed E-state index contributed by atoms with van der Waals surface area (Å²) in [5.74, 6) is -1.77. The van der Waals surface area contributed by atoms with Crippen LogP contribution in [-0.2, 0) is 20.0 Å². The van der Waals surface area contributed by atoms with Crippen LogP contribution in [0.3, 0.4) is 0 Å². The highest BCUT2D eigenvalue weighted by molar-refractivity contribution is 5.94. The van der Waals surface area contributed by atoms with Gasteiger partial charge in [-0.2, -0.15) is 0 Å². The Hall–Kier alpha value is -1.59. The zero-order valence-electron chi connectivity index (χ0n) is 9.73. The van der Waals surface area contributed by atoms with Crippen LogP contribution in [0, 0.1) is 0 Å². The molecule has 0 unspecified atom stereocenters. The summed E-state index contributed by atoms with van der Waals surface area (Å²) >= 11 is 0. The van der Waals surface area contributed by atoms with Crippen LogP contribution >= 0.6 is 0 Å². The van der Waals surface area contributed by atoms with Crippen molar-refractivity contribution in [1.82, 2.24) is 0 Å². The van der Waals surface area contributed by atoms with Gasteiger partial charge in [0.1, 0.15) is 11.3 Å². The predicted octanol–water partition coefficient (Wildman–Crippen LogP) is 1.40. The van der Waals surface area contributed by atoms with E-state index in [2.05, 4.69) is 4.74 Å². The van der Waals surface area contributed by atoms with E-state index in [0.29, 0.717) is 18.8 Å². The molecular formula is C12H14O5. The fraction of sp³-hybridized carbons (Fsp3) is 0.417. The van der Waals surface area contributed by atoms with E-state index in [1.165, 1.54) is 13.2 Å². The zero-order chi connectivity index (χ0) is 12.5. The molecule has 0 radical (unpaired) electrons. The molecule has 92 valence electrons. The zero-order valence-corrected chi connectivity index (χ0v) is 9.73. The summed E-state index contributed by atoms with van der Waals surface area (Å²) in [6.45, 7) is 2.61. The number of phenolic OH excluding ortho intramolecular Hbond substituents is 1. The lowest BCUT2D eigenvalue weighted by Gasteiger charge is -2.25. The maximum atomic E-state index is 11.7. The van der Waals surface area contributed by atoms with E-state index >= 15 is 0 Å². The van der Waals surface area contributed by atoms with Gasteiger partial charge in [0.05, 0.1) is 20.3 Å². The van der Waals surface area contributed by atoms with E-state index in [9.17, 15) is 9.90 Å². The molecule has 0 saturated carbocycles. The van der Waals surface area contributed by atoms with Gasteiger partial charge in [0.25, 0.3) is 0 Å². The SMILES string of the molecule is COC(=O)c1c(O)cccc1C1(C)OCCO1. The first-order valence-corrected chi connectivity index (χ1v) is 5.27. The number of benzene rings is 1. The summed E-state index contributed by atoms with van der Waals surface area (Å²) in [5.41, 5.74) is 0.557. The van der Waals surface area contributed by atoms with E-state index in [1.54, 1.807) is 19.1 Å². The molecular weight excluding hydrogens is 224 g/mol. The second kappa shape index (κ2) is 4.35. The van der Waals surface area contributed by atoms with Crippen molar-refractivity contribution < 1.29 is 24.1 Å². The van der Waals surface area contributed by atoms with Crippen LogP contribution in [0.1, 0.15) is 22.8 Å². The number of hydrogen-bond donors (Lipinski definition) is 1. The van der Waals surface area contributed by atoms with Gasteiger partial charge in [-0.15, -0.1) is 0 Å². The van der Waals surface area contributed by atoms with Crippen LogP contribution in [-0.4, -0.2) is 31.4 Å². The molecule has 1 aliphatic heterocycles.